The van der Waals surface area contributed by atoms with Crippen LogP contribution < -0.4 is 10.5 Å². The molecule has 1 aromatic rings. The van der Waals surface area contributed by atoms with Gasteiger partial charge in [-0.25, -0.2) is 4.39 Å². The maximum Gasteiger partial charge on any atom is 0.126 e. The standard InChI is InChI=1S/C13H18FNO/c1-9-6-7-10(14)8-13(9)16-12-5-3-2-4-11(12)15/h6-8,11-12H,2-5,15H2,1H3. The summed E-state index contributed by atoms with van der Waals surface area (Å²) < 4.78 is 18.9. The highest BCUT2D eigenvalue weighted by molar-refractivity contribution is 5.33. The van der Waals surface area contributed by atoms with Crippen molar-refractivity contribution in [1.82, 2.24) is 0 Å². The first-order valence-corrected chi connectivity index (χ1v) is 5.85. The first kappa shape index (κ1) is 11.4. The Hall–Kier alpha value is -1.09. The van der Waals surface area contributed by atoms with Crippen LogP contribution in [0.4, 0.5) is 4.39 Å². The maximum atomic E-state index is 13.1. The average Bonchev–Trinajstić information content (AvgIpc) is 2.27. The quantitative estimate of drug-likeness (QED) is 0.836. The molecule has 1 aliphatic carbocycles. The van der Waals surface area contributed by atoms with Gasteiger partial charge in [0.15, 0.2) is 0 Å². The summed E-state index contributed by atoms with van der Waals surface area (Å²) in [5.41, 5.74) is 6.95. The van der Waals surface area contributed by atoms with Crippen molar-refractivity contribution >= 4 is 0 Å². The maximum absolute atomic E-state index is 13.1. The second kappa shape index (κ2) is 4.83. The lowest BCUT2D eigenvalue weighted by atomic mass is 9.93. The van der Waals surface area contributed by atoms with Crippen LogP contribution in [0.2, 0.25) is 0 Å². The van der Waals surface area contributed by atoms with E-state index in [2.05, 4.69) is 0 Å². The number of hydrogen-bond donors (Lipinski definition) is 1. The minimum Gasteiger partial charge on any atom is -0.488 e. The molecule has 0 saturated heterocycles. The van der Waals surface area contributed by atoms with Crippen molar-refractivity contribution < 1.29 is 9.13 Å². The third kappa shape index (κ3) is 2.53. The zero-order valence-corrected chi connectivity index (χ0v) is 9.58. The average molecular weight is 223 g/mol. The molecule has 0 spiro atoms. The SMILES string of the molecule is Cc1ccc(F)cc1OC1CCCCC1N. The summed E-state index contributed by atoms with van der Waals surface area (Å²) in [6.45, 7) is 1.92. The summed E-state index contributed by atoms with van der Waals surface area (Å²) in [5.74, 6) is 0.368. The van der Waals surface area contributed by atoms with Gasteiger partial charge in [-0.3, -0.25) is 0 Å². The molecular weight excluding hydrogens is 205 g/mol. The molecule has 0 aromatic heterocycles. The number of nitrogens with two attached hydrogens (primary N) is 1. The molecular formula is C13H18FNO. The molecule has 2 atom stereocenters. The van der Waals surface area contributed by atoms with Crippen LogP contribution in [0.15, 0.2) is 18.2 Å². The number of rotatable bonds is 2. The van der Waals surface area contributed by atoms with Crippen molar-refractivity contribution in [1.29, 1.82) is 0 Å². The number of halogens is 1. The van der Waals surface area contributed by atoms with E-state index >= 15 is 0 Å². The molecule has 0 heterocycles. The number of hydrogen-bond acceptors (Lipinski definition) is 2. The van der Waals surface area contributed by atoms with Gasteiger partial charge in [-0.15, -0.1) is 0 Å². The topological polar surface area (TPSA) is 35.2 Å². The van der Waals surface area contributed by atoms with Crippen molar-refractivity contribution in [3.8, 4) is 5.75 Å². The minimum atomic E-state index is -0.259. The zero-order valence-electron chi connectivity index (χ0n) is 9.58. The van der Waals surface area contributed by atoms with Crippen molar-refractivity contribution in [2.45, 2.75) is 44.8 Å². The monoisotopic (exact) mass is 223 g/mol. The Morgan fingerprint density at radius 1 is 1.31 bits per heavy atom. The van der Waals surface area contributed by atoms with Crippen molar-refractivity contribution in [3.05, 3.63) is 29.6 Å². The predicted molar refractivity (Wildman–Crippen MR) is 62.0 cm³/mol. The Bertz CT molecular complexity index is 367. The van der Waals surface area contributed by atoms with Crippen LogP contribution in [0.1, 0.15) is 31.2 Å². The Morgan fingerprint density at radius 2 is 2.06 bits per heavy atom. The molecule has 2 N–H and O–H groups in total. The molecule has 16 heavy (non-hydrogen) atoms. The van der Waals surface area contributed by atoms with Gasteiger partial charge >= 0.3 is 0 Å². The van der Waals surface area contributed by atoms with E-state index in [4.69, 9.17) is 10.5 Å². The Kier molecular flexibility index (Phi) is 3.44. The van der Waals surface area contributed by atoms with Crippen LogP contribution in [0.3, 0.4) is 0 Å². The van der Waals surface area contributed by atoms with Gasteiger partial charge in [-0.1, -0.05) is 12.5 Å². The third-order valence-corrected chi connectivity index (χ3v) is 3.18. The lowest BCUT2D eigenvalue weighted by Crippen LogP contribution is -2.41. The van der Waals surface area contributed by atoms with Crippen LogP contribution in [0, 0.1) is 12.7 Å². The largest absolute Gasteiger partial charge is 0.488 e. The molecule has 88 valence electrons. The van der Waals surface area contributed by atoms with Crippen LogP contribution in [0.25, 0.3) is 0 Å². The Morgan fingerprint density at radius 3 is 2.81 bits per heavy atom. The third-order valence-electron chi connectivity index (χ3n) is 3.18. The summed E-state index contributed by atoms with van der Waals surface area (Å²) in [6, 6.07) is 4.70. The van der Waals surface area contributed by atoms with Crippen LogP contribution in [0.5, 0.6) is 5.75 Å². The molecule has 2 unspecified atom stereocenters. The number of ether oxygens (including phenoxy) is 1. The highest BCUT2D eigenvalue weighted by Gasteiger charge is 2.23. The van der Waals surface area contributed by atoms with Crippen molar-refractivity contribution in [3.63, 3.8) is 0 Å². The van der Waals surface area contributed by atoms with Crippen LogP contribution in [-0.4, -0.2) is 12.1 Å². The molecule has 1 saturated carbocycles. The predicted octanol–water partition coefficient (Wildman–Crippen LogP) is 2.78. The van der Waals surface area contributed by atoms with E-state index < -0.39 is 0 Å². The van der Waals surface area contributed by atoms with Gasteiger partial charge in [0.1, 0.15) is 17.7 Å². The lowest BCUT2D eigenvalue weighted by Gasteiger charge is -2.29. The molecule has 3 heteroatoms. The first-order chi connectivity index (χ1) is 7.66. The molecule has 0 amide bonds. The van der Waals surface area contributed by atoms with E-state index in [0.717, 1.165) is 24.8 Å². The molecule has 0 aliphatic heterocycles. The van der Waals surface area contributed by atoms with Crippen molar-refractivity contribution in [2.24, 2.45) is 5.73 Å². The van der Waals surface area contributed by atoms with Gasteiger partial charge in [-0.2, -0.15) is 0 Å². The van der Waals surface area contributed by atoms with E-state index in [9.17, 15) is 4.39 Å². The van der Waals surface area contributed by atoms with E-state index in [1.807, 2.05) is 6.92 Å². The Labute approximate surface area is 95.6 Å². The number of aryl methyl sites for hydroxylation is 1. The molecule has 1 aliphatic rings. The van der Waals surface area contributed by atoms with Gasteiger partial charge in [0, 0.05) is 12.1 Å². The summed E-state index contributed by atoms with van der Waals surface area (Å²) in [6.07, 6.45) is 4.32. The zero-order chi connectivity index (χ0) is 11.5. The number of benzene rings is 1. The minimum absolute atomic E-state index is 0.0363. The summed E-state index contributed by atoms with van der Waals surface area (Å²) in [5, 5.41) is 0. The van der Waals surface area contributed by atoms with Crippen LogP contribution in [-0.2, 0) is 0 Å². The molecule has 0 radical (unpaired) electrons. The second-order valence-electron chi connectivity index (χ2n) is 4.51. The lowest BCUT2D eigenvalue weighted by molar-refractivity contribution is 0.131. The van der Waals surface area contributed by atoms with E-state index in [1.165, 1.54) is 18.6 Å². The summed E-state index contributed by atoms with van der Waals surface area (Å²) in [4.78, 5) is 0. The summed E-state index contributed by atoms with van der Waals surface area (Å²) in [7, 11) is 0. The van der Waals surface area contributed by atoms with Gasteiger partial charge in [0.2, 0.25) is 0 Å². The van der Waals surface area contributed by atoms with E-state index in [1.54, 1.807) is 6.07 Å². The van der Waals surface area contributed by atoms with Gasteiger partial charge < -0.3 is 10.5 Å². The molecule has 2 nitrogen and oxygen atoms in total. The normalized spacial score (nSPS) is 25.4. The fourth-order valence-corrected chi connectivity index (χ4v) is 2.14. The Balaban J connectivity index is 2.10. The van der Waals surface area contributed by atoms with E-state index in [-0.39, 0.29) is 18.0 Å². The fourth-order valence-electron chi connectivity index (χ4n) is 2.14. The highest BCUT2D eigenvalue weighted by atomic mass is 19.1. The van der Waals surface area contributed by atoms with Crippen molar-refractivity contribution in [2.75, 3.05) is 0 Å². The highest BCUT2D eigenvalue weighted by Crippen LogP contribution is 2.25. The van der Waals surface area contributed by atoms with Gasteiger partial charge in [0.05, 0.1) is 0 Å². The fraction of sp³-hybridized carbons (Fsp3) is 0.538. The molecule has 1 aromatic carbocycles. The van der Waals surface area contributed by atoms with Gasteiger partial charge in [-0.05, 0) is 37.8 Å². The molecule has 0 bridgehead atoms. The smallest absolute Gasteiger partial charge is 0.126 e. The van der Waals surface area contributed by atoms with E-state index in [0.29, 0.717) is 5.75 Å². The second-order valence-corrected chi connectivity index (χ2v) is 4.51. The molecule has 2 rings (SSSR count). The summed E-state index contributed by atoms with van der Waals surface area (Å²) >= 11 is 0. The first-order valence-electron chi connectivity index (χ1n) is 5.85. The van der Waals surface area contributed by atoms with Crippen LogP contribution >= 0.6 is 0 Å². The van der Waals surface area contributed by atoms with Gasteiger partial charge in [0.25, 0.3) is 0 Å². The molecule has 1 fully saturated rings.